The number of benzene rings is 1. The van der Waals surface area contributed by atoms with Gasteiger partial charge in [0.05, 0.1) is 17.5 Å². The highest BCUT2D eigenvalue weighted by atomic mass is 32.2. The quantitative estimate of drug-likeness (QED) is 0.589. The highest BCUT2D eigenvalue weighted by Crippen LogP contribution is 2.32. The molecular weight excluding hydrogens is 362 g/mol. The van der Waals surface area contributed by atoms with Crippen molar-refractivity contribution in [3.05, 3.63) is 47.9 Å². The molecule has 1 aromatic carbocycles. The molecule has 0 radical (unpaired) electrons. The first-order valence-corrected chi connectivity index (χ1v) is 9.95. The summed E-state index contributed by atoms with van der Waals surface area (Å²) in [5.41, 5.74) is 7.34. The number of carbonyl (C=O) groups excluding carboxylic acids is 2. The number of H-pyrrole nitrogens is 2. The minimum absolute atomic E-state index is 0.0876. The number of piperidine rings is 1. The van der Waals surface area contributed by atoms with Crippen molar-refractivity contribution < 1.29 is 9.59 Å². The van der Waals surface area contributed by atoms with Gasteiger partial charge in [-0.05, 0) is 31.4 Å². The number of thioether (sulfide) groups is 1. The molecule has 0 saturated carbocycles. The average molecular weight is 383 g/mol. The molecule has 0 unspecified atom stereocenters. The van der Waals surface area contributed by atoms with Gasteiger partial charge in [-0.15, -0.1) is 11.8 Å². The van der Waals surface area contributed by atoms with Gasteiger partial charge in [0.1, 0.15) is 5.69 Å². The number of likely N-dealkylation sites (tertiary alicyclic amines) is 1. The van der Waals surface area contributed by atoms with Crippen LogP contribution in [0.2, 0.25) is 0 Å². The van der Waals surface area contributed by atoms with Gasteiger partial charge in [-0.3, -0.25) is 14.7 Å². The average Bonchev–Trinajstić information content (AvgIpc) is 3.34. The van der Waals surface area contributed by atoms with Crippen LogP contribution in [0.25, 0.3) is 10.9 Å². The largest absolute Gasteiger partial charge is 0.364 e. The lowest BCUT2D eigenvalue weighted by atomic mass is 9.99. The van der Waals surface area contributed by atoms with Crippen LogP contribution in [0.4, 0.5) is 0 Å². The molecule has 2 amide bonds. The maximum absolute atomic E-state index is 12.9. The summed E-state index contributed by atoms with van der Waals surface area (Å²) in [4.78, 5) is 30.4. The fourth-order valence-corrected chi connectivity index (χ4v) is 4.49. The number of amides is 2. The van der Waals surface area contributed by atoms with Gasteiger partial charge < -0.3 is 15.6 Å². The molecule has 0 bridgehead atoms. The molecule has 1 atom stereocenters. The van der Waals surface area contributed by atoms with Crippen LogP contribution < -0.4 is 5.73 Å². The van der Waals surface area contributed by atoms with Crippen molar-refractivity contribution in [1.82, 2.24) is 20.1 Å². The smallest absolute Gasteiger partial charge is 0.269 e. The Morgan fingerprint density at radius 3 is 2.96 bits per heavy atom. The van der Waals surface area contributed by atoms with Crippen LogP contribution >= 0.6 is 11.8 Å². The first-order valence-electron chi connectivity index (χ1n) is 8.97. The standard InChI is InChI=1S/C19H21N5O2S/c20-19(26)15-9-14(22-23-15)16-7-3-4-8-24(16)18(25)11-27-17-10-21-13-6-2-1-5-12(13)17/h1-2,5-6,9-10,16,21H,3-4,7-8,11H2,(H2,20,26)(H,22,23)/t16-/m1/s1. The number of carbonyl (C=O) groups is 2. The zero-order valence-corrected chi connectivity index (χ0v) is 15.6. The number of nitrogens with one attached hydrogen (secondary N) is 2. The number of aromatic amines is 2. The van der Waals surface area contributed by atoms with E-state index in [0.29, 0.717) is 12.3 Å². The lowest BCUT2D eigenvalue weighted by Crippen LogP contribution is -2.39. The van der Waals surface area contributed by atoms with Crippen molar-refractivity contribution in [1.29, 1.82) is 0 Å². The minimum Gasteiger partial charge on any atom is -0.364 e. The zero-order chi connectivity index (χ0) is 18.8. The van der Waals surface area contributed by atoms with E-state index in [2.05, 4.69) is 21.2 Å². The molecule has 3 aromatic rings. The molecule has 4 N–H and O–H groups in total. The second kappa shape index (κ2) is 7.48. The van der Waals surface area contributed by atoms with Crippen molar-refractivity contribution in [2.45, 2.75) is 30.2 Å². The van der Waals surface area contributed by atoms with E-state index in [1.165, 1.54) is 0 Å². The molecule has 8 heteroatoms. The monoisotopic (exact) mass is 383 g/mol. The number of aromatic nitrogens is 3. The summed E-state index contributed by atoms with van der Waals surface area (Å²) in [6, 6.07) is 9.63. The Bertz CT molecular complexity index is 979. The van der Waals surface area contributed by atoms with Gasteiger partial charge in [0.25, 0.3) is 5.91 Å². The van der Waals surface area contributed by atoms with Gasteiger partial charge >= 0.3 is 0 Å². The Morgan fingerprint density at radius 2 is 2.15 bits per heavy atom. The van der Waals surface area contributed by atoms with Crippen LogP contribution in [0, 0.1) is 0 Å². The van der Waals surface area contributed by atoms with Crippen LogP contribution in [-0.4, -0.2) is 44.2 Å². The summed E-state index contributed by atoms with van der Waals surface area (Å²) in [6.45, 7) is 0.711. The number of primary amides is 1. The zero-order valence-electron chi connectivity index (χ0n) is 14.8. The lowest BCUT2D eigenvalue weighted by molar-refractivity contribution is -0.132. The highest BCUT2D eigenvalue weighted by molar-refractivity contribution is 8.00. The molecule has 1 fully saturated rings. The third-order valence-corrected chi connectivity index (χ3v) is 5.97. The van der Waals surface area contributed by atoms with Gasteiger partial charge in [0.2, 0.25) is 5.91 Å². The van der Waals surface area contributed by atoms with E-state index in [1.54, 1.807) is 17.8 Å². The number of nitrogens with zero attached hydrogens (tertiary/aromatic N) is 2. The van der Waals surface area contributed by atoms with Crippen LogP contribution in [0.5, 0.6) is 0 Å². The Balaban J connectivity index is 1.47. The second-order valence-electron chi connectivity index (χ2n) is 6.66. The Hall–Kier alpha value is -2.74. The minimum atomic E-state index is -0.568. The SMILES string of the molecule is NC(=O)c1cc([C@H]2CCCCN2C(=O)CSc2c[nH]c3ccccc23)[nH]n1. The van der Waals surface area contributed by atoms with Gasteiger partial charge in [-0.1, -0.05) is 18.2 Å². The number of hydrogen-bond donors (Lipinski definition) is 3. The van der Waals surface area contributed by atoms with Crippen LogP contribution in [0.15, 0.2) is 41.4 Å². The van der Waals surface area contributed by atoms with Crippen molar-refractivity contribution >= 4 is 34.5 Å². The molecule has 7 nitrogen and oxygen atoms in total. The molecule has 0 spiro atoms. The van der Waals surface area contributed by atoms with E-state index in [0.717, 1.165) is 40.8 Å². The predicted octanol–water partition coefficient (Wildman–Crippen LogP) is 2.84. The maximum atomic E-state index is 12.9. The predicted molar refractivity (Wildman–Crippen MR) is 104 cm³/mol. The molecule has 27 heavy (non-hydrogen) atoms. The van der Waals surface area contributed by atoms with Crippen molar-refractivity contribution in [3.8, 4) is 0 Å². The van der Waals surface area contributed by atoms with E-state index in [1.807, 2.05) is 29.3 Å². The summed E-state index contributed by atoms with van der Waals surface area (Å²) in [5.74, 6) is -0.110. The van der Waals surface area contributed by atoms with E-state index in [-0.39, 0.29) is 17.6 Å². The molecule has 4 rings (SSSR count). The Morgan fingerprint density at radius 1 is 1.30 bits per heavy atom. The third-order valence-electron chi connectivity index (χ3n) is 4.93. The van der Waals surface area contributed by atoms with Crippen LogP contribution in [0.1, 0.15) is 41.5 Å². The molecule has 2 aromatic heterocycles. The summed E-state index contributed by atoms with van der Waals surface area (Å²) < 4.78 is 0. The number of rotatable bonds is 5. The summed E-state index contributed by atoms with van der Waals surface area (Å²) in [6.07, 6.45) is 4.82. The molecule has 140 valence electrons. The van der Waals surface area contributed by atoms with Gasteiger partial charge in [0, 0.05) is 28.5 Å². The van der Waals surface area contributed by atoms with Crippen molar-refractivity contribution in [3.63, 3.8) is 0 Å². The molecule has 1 aliphatic rings. The third kappa shape index (κ3) is 3.57. The number of para-hydroxylation sites is 1. The van der Waals surface area contributed by atoms with Crippen LogP contribution in [-0.2, 0) is 4.79 Å². The second-order valence-corrected chi connectivity index (χ2v) is 7.68. The van der Waals surface area contributed by atoms with Crippen molar-refractivity contribution in [2.24, 2.45) is 5.73 Å². The summed E-state index contributed by atoms with van der Waals surface area (Å²) >= 11 is 1.54. The topological polar surface area (TPSA) is 108 Å². The highest BCUT2D eigenvalue weighted by Gasteiger charge is 2.29. The maximum Gasteiger partial charge on any atom is 0.269 e. The fourth-order valence-electron chi connectivity index (χ4n) is 3.57. The Labute approximate surface area is 160 Å². The molecule has 0 aliphatic carbocycles. The number of hydrogen-bond acceptors (Lipinski definition) is 4. The van der Waals surface area contributed by atoms with E-state index in [9.17, 15) is 9.59 Å². The van der Waals surface area contributed by atoms with E-state index in [4.69, 9.17) is 5.73 Å². The van der Waals surface area contributed by atoms with Crippen molar-refractivity contribution in [2.75, 3.05) is 12.3 Å². The molecule has 1 saturated heterocycles. The Kier molecular flexibility index (Phi) is 4.89. The van der Waals surface area contributed by atoms with E-state index < -0.39 is 5.91 Å². The summed E-state index contributed by atoms with van der Waals surface area (Å²) in [7, 11) is 0. The van der Waals surface area contributed by atoms with E-state index >= 15 is 0 Å². The van der Waals surface area contributed by atoms with Gasteiger partial charge in [-0.25, -0.2) is 0 Å². The number of nitrogens with two attached hydrogens (primary N) is 1. The molecular formula is C19H21N5O2S. The van der Waals surface area contributed by atoms with Gasteiger partial charge in [0.15, 0.2) is 0 Å². The molecule has 1 aliphatic heterocycles. The fraction of sp³-hybridized carbons (Fsp3) is 0.316. The lowest BCUT2D eigenvalue weighted by Gasteiger charge is -2.35. The summed E-state index contributed by atoms with van der Waals surface area (Å²) in [5, 5.41) is 7.97. The first-order chi connectivity index (χ1) is 13.1. The van der Waals surface area contributed by atoms with Gasteiger partial charge in [-0.2, -0.15) is 5.10 Å². The normalized spacial score (nSPS) is 17.3. The first kappa shape index (κ1) is 17.7. The molecule has 3 heterocycles. The van der Waals surface area contributed by atoms with Crippen LogP contribution in [0.3, 0.4) is 0 Å². The number of fused-ring (bicyclic) bond motifs is 1.